The Morgan fingerprint density at radius 2 is 1.86 bits per heavy atom. The minimum absolute atomic E-state index is 0.0995. The topological polar surface area (TPSA) is 52.6 Å². The van der Waals surface area contributed by atoms with Crippen LogP contribution in [0.15, 0.2) is 25.3 Å². The number of hydrogen-bond acceptors (Lipinski definition) is 3. The third kappa shape index (κ3) is 3.02. The first kappa shape index (κ1) is 15.8. The molecular formula is C16H25N3O2. The SMILES string of the molecule is C=CCN(CC=C)CN1C(=O)NC(C)(C2CCCC2)C1=O. The quantitative estimate of drug-likeness (QED) is 0.577. The van der Waals surface area contributed by atoms with Crippen molar-refractivity contribution in [1.29, 1.82) is 0 Å². The largest absolute Gasteiger partial charge is 0.326 e. The highest BCUT2D eigenvalue weighted by molar-refractivity contribution is 6.07. The van der Waals surface area contributed by atoms with Crippen LogP contribution in [0, 0.1) is 5.92 Å². The zero-order chi connectivity index (χ0) is 15.5. The van der Waals surface area contributed by atoms with Gasteiger partial charge in [-0.25, -0.2) is 9.69 Å². The number of carbonyl (C=O) groups is 2. The summed E-state index contributed by atoms with van der Waals surface area (Å²) in [5.74, 6) is 0.156. The summed E-state index contributed by atoms with van der Waals surface area (Å²) in [5, 5.41) is 2.92. The molecule has 21 heavy (non-hydrogen) atoms. The number of imide groups is 1. The smallest absolute Gasteiger partial charge is 0.323 e. The Morgan fingerprint density at radius 3 is 2.38 bits per heavy atom. The van der Waals surface area contributed by atoms with E-state index < -0.39 is 5.54 Å². The molecular weight excluding hydrogens is 266 g/mol. The standard InChI is InChI=1S/C16H25N3O2/c1-4-10-18(11-5-2)12-19-14(20)16(3,17-15(19)21)13-8-6-7-9-13/h4-5,13H,1-2,6-12H2,3H3,(H,17,21). The molecule has 0 aromatic rings. The van der Waals surface area contributed by atoms with Gasteiger partial charge in [0.05, 0.1) is 6.67 Å². The van der Waals surface area contributed by atoms with Crippen molar-refractivity contribution in [1.82, 2.24) is 15.1 Å². The highest BCUT2D eigenvalue weighted by atomic mass is 16.2. The summed E-state index contributed by atoms with van der Waals surface area (Å²) in [6, 6.07) is -0.285. The number of urea groups is 1. The van der Waals surface area contributed by atoms with Gasteiger partial charge in [0.15, 0.2) is 0 Å². The van der Waals surface area contributed by atoms with Crippen LogP contribution in [0.4, 0.5) is 4.79 Å². The third-order valence-electron chi connectivity index (χ3n) is 4.59. The van der Waals surface area contributed by atoms with E-state index in [2.05, 4.69) is 18.5 Å². The molecule has 1 unspecified atom stereocenters. The van der Waals surface area contributed by atoms with Crippen molar-refractivity contribution < 1.29 is 9.59 Å². The Morgan fingerprint density at radius 1 is 1.29 bits per heavy atom. The Bertz CT molecular complexity index is 433. The first-order chi connectivity index (χ1) is 10.0. The Labute approximate surface area is 126 Å². The van der Waals surface area contributed by atoms with Crippen LogP contribution in [0.25, 0.3) is 0 Å². The van der Waals surface area contributed by atoms with Crippen LogP contribution in [0.5, 0.6) is 0 Å². The van der Waals surface area contributed by atoms with E-state index in [-0.39, 0.29) is 24.5 Å². The number of nitrogens with zero attached hydrogens (tertiary/aromatic N) is 2. The molecule has 1 saturated heterocycles. The average molecular weight is 291 g/mol. The summed E-state index contributed by atoms with van der Waals surface area (Å²) < 4.78 is 0. The minimum atomic E-state index is -0.735. The molecule has 0 aromatic carbocycles. The molecule has 1 heterocycles. The maximum atomic E-state index is 12.7. The fourth-order valence-electron chi connectivity index (χ4n) is 3.38. The normalized spacial score (nSPS) is 26.5. The van der Waals surface area contributed by atoms with Crippen molar-refractivity contribution in [3.8, 4) is 0 Å². The van der Waals surface area contributed by atoms with Crippen molar-refractivity contribution in [2.24, 2.45) is 5.92 Å². The first-order valence-electron chi connectivity index (χ1n) is 7.61. The number of nitrogens with one attached hydrogen (secondary N) is 1. The lowest BCUT2D eigenvalue weighted by atomic mass is 9.84. The van der Waals surface area contributed by atoms with Crippen molar-refractivity contribution in [3.05, 3.63) is 25.3 Å². The molecule has 5 heteroatoms. The third-order valence-corrected chi connectivity index (χ3v) is 4.59. The van der Waals surface area contributed by atoms with Gasteiger partial charge in [0.2, 0.25) is 0 Å². The van der Waals surface area contributed by atoms with Gasteiger partial charge in [-0.1, -0.05) is 25.0 Å². The highest BCUT2D eigenvalue weighted by Crippen LogP contribution is 2.37. The fraction of sp³-hybridized carbons (Fsp3) is 0.625. The second-order valence-corrected chi connectivity index (χ2v) is 6.10. The van der Waals surface area contributed by atoms with Gasteiger partial charge >= 0.3 is 6.03 Å². The van der Waals surface area contributed by atoms with E-state index in [9.17, 15) is 9.59 Å². The van der Waals surface area contributed by atoms with Crippen molar-refractivity contribution in [3.63, 3.8) is 0 Å². The van der Waals surface area contributed by atoms with Crippen molar-refractivity contribution >= 4 is 11.9 Å². The van der Waals surface area contributed by atoms with Gasteiger partial charge in [-0.2, -0.15) is 0 Å². The minimum Gasteiger partial charge on any atom is -0.323 e. The molecule has 1 aliphatic heterocycles. The molecule has 1 aliphatic carbocycles. The van der Waals surface area contributed by atoms with E-state index >= 15 is 0 Å². The second-order valence-electron chi connectivity index (χ2n) is 6.10. The van der Waals surface area contributed by atoms with E-state index in [4.69, 9.17) is 0 Å². The van der Waals surface area contributed by atoms with Crippen LogP contribution >= 0.6 is 0 Å². The Hall–Kier alpha value is -1.62. The fourth-order valence-corrected chi connectivity index (χ4v) is 3.38. The van der Waals surface area contributed by atoms with Gasteiger partial charge in [-0.15, -0.1) is 13.2 Å². The lowest BCUT2D eigenvalue weighted by Gasteiger charge is -2.29. The molecule has 1 atom stereocenters. The first-order valence-corrected chi connectivity index (χ1v) is 7.61. The molecule has 2 aliphatic rings. The summed E-state index contributed by atoms with van der Waals surface area (Å²) in [6.45, 7) is 10.8. The molecule has 0 radical (unpaired) electrons. The van der Waals surface area contributed by atoms with Crippen LogP contribution in [-0.2, 0) is 4.79 Å². The molecule has 1 N–H and O–H groups in total. The van der Waals surface area contributed by atoms with Gasteiger partial charge in [0, 0.05) is 13.1 Å². The van der Waals surface area contributed by atoms with Crippen molar-refractivity contribution in [2.75, 3.05) is 19.8 Å². The van der Waals surface area contributed by atoms with E-state index in [0.29, 0.717) is 13.1 Å². The summed E-state index contributed by atoms with van der Waals surface area (Å²) in [4.78, 5) is 28.2. The van der Waals surface area contributed by atoms with E-state index in [1.165, 1.54) is 4.90 Å². The zero-order valence-corrected chi connectivity index (χ0v) is 12.8. The van der Waals surface area contributed by atoms with Gasteiger partial charge < -0.3 is 5.32 Å². The molecule has 116 valence electrons. The molecule has 0 aromatic heterocycles. The molecule has 0 spiro atoms. The van der Waals surface area contributed by atoms with Crippen molar-refractivity contribution in [2.45, 2.75) is 38.1 Å². The predicted molar refractivity (Wildman–Crippen MR) is 82.6 cm³/mol. The van der Waals surface area contributed by atoms with E-state index in [1.807, 2.05) is 11.8 Å². The predicted octanol–water partition coefficient (Wildman–Crippen LogP) is 2.12. The van der Waals surface area contributed by atoms with Crippen LogP contribution < -0.4 is 5.32 Å². The Balaban J connectivity index is 2.10. The van der Waals surface area contributed by atoms with Gasteiger partial charge in [-0.3, -0.25) is 9.69 Å². The zero-order valence-electron chi connectivity index (χ0n) is 12.8. The average Bonchev–Trinajstić information content (AvgIpc) is 3.04. The summed E-state index contributed by atoms with van der Waals surface area (Å²) in [6.07, 6.45) is 7.83. The molecule has 1 saturated carbocycles. The second kappa shape index (κ2) is 6.43. The number of hydrogen-bond donors (Lipinski definition) is 1. The monoisotopic (exact) mass is 291 g/mol. The molecule has 5 nitrogen and oxygen atoms in total. The van der Waals surface area contributed by atoms with E-state index in [1.54, 1.807) is 12.2 Å². The summed E-state index contributed by atoms with van der Waals surface area (Å²) in [7, 11) is 0. The number of carbonyl (C=O) groups excluding carboxylic acids is 2. The number of amides is 3. The Kier molecular flexibility index (Phi) is 4.83. The summed E-state index contributed by atoms with van der Waals surface area (Å²) >= 11 is 0. The summed E-state index contributed by atoms with van der Waals surface area (Å²) in [5.41, 5.74) is -0.735. The van der Waals surface area contributed by atoms with Gasteiger partial charge in [0.1, 0.15) is 5.54 Å². The van der Waals surface area contributed by atoms with Gasteiger partial charge in [-0.05, 0) is 25.7 Å². The number of rotatable bonds is 7. The molecule has 3 amide bonds. The van der Waals surface area contributed by atoms with E-state index in [0.717, 1.165) is 25.7 Å². The van der Waals surface area contributed by atoms with Crippen LogP contribution in [0.2, 0.25) is 0 Å². The molecule has 2 rings (SSSR count). The molecule has 2 fully saturated rings. The van der Waals surface area contributed by atoms with Crippen LogP contribution in [0.1, 0.15) is 32.6 Å². The maximum absolute atomic E-state index is 12.7. The van der Waals surface area contributed by atoms with Gasteiger partial charge in [0.25, 0.3) is 5.91 Å². The lowest BCUT2D eigenvalue weighted by molar-refractivity contribution is -0.133. The van der Waals surface area contributed by atoms with Crippen LogP contribution in [0.3, 0.4) is 0 Å². The van der Waals surface area contributed by atoms with Crippen LogP contribution in [-0.4, -0.2) is 47.0 Å². The molecule has 0 bridgehead atoms. The highest BCUT2D eigenvalue weighted by Gasteiger charge is 2.52. The maximum Gasteiger partial charge on any atom is 0.326 e. The lowest BCUT2D eigenvalue weighted by Crippen LogP contribution is -2.50.